The molecule has 230 valence electrons. The number of amides is 2. The van der Waals surface area contributed by atoms with Crippen LogP contribution < -0.4 is 9.62 Å². The van der Waals surface area contributed by atoms with Crippen molar-refractivity contribution in [2.24, 2.45) is 0 Å². The molecule has 0 spiro atoms. The average Bonchev–Trinajstić information content (AvgIpc) is 2.98. The summed E-state index contributed by atoms with van der Waals surface area (Å²) in [6.45, 7) is 5.22. The lowest BCUT2D eigenvalue weighted by molar-refractivity contribution is -0.140. The smallest absolute Gasteiger partial charge is 0.264 e. The molecule has 4 aromatic carbocycles. The highest BCUT2D eigenvalue weighted by Gasteiger charge is 2.35. The zero-order valence-electron chi connectivity index (χ0n) is 24.8. The molecule has 0 bridgehead atoms. The minimum Gasteiger partial charge on any atom is -0.350 e. The van der Waals surface area contributed by atoms with E-state index in [1.54, 1.807) is 42.5 Å². The summed E-state index contributed by atoms with van der Waals surface area (Å²) in [6.07, 6.45) is 0.242. The number of anilines is 1. The molecule has 10 heteroatoms. The van der Waals surface area contributed by atoms with E-state index in [0.717, 1.165) is 24.4 Å². The summed E-state index contributed by atoms with van der Waals surface area (Å²) in [5.41, 5.74) is 1.42. The van der Waals surface area contributed by atoms with E-state index in [2.05, 4.69) is 37.2 Å². The quantitative estimate of drug-likeness (QED) is 0.180. The highest BCUT2D eigenvalue weighted by molar-refractivity contribution is 9.10. The maximum absolute atomic E-state index is 14.5. The zero-order valence-corrected chi connectivity index (χ0v) is 28.8. The molecule has 0 radical (unpaired) electrons. The van der Waals surface area contributed by atoms with Crippen LogP contribution in [0.15, 0.2) is 123 Å². The van der Waals surface area contributed by atoms with Crippen molar-refractivity contribution in [1.29, 1.82) is 0 Å². The van der Waals surface area contributed by atoms with Crippen LogP contribution in [-0.2, 0) is 32.6 Å². The predicted octanol–water partition coefficient (Wildman–Crippen LogP) is 6.96. The van der Waals surface area contributed by atoms with Crippen molar-refractivity contribution in [1.82, 2.24) is 10.2 Å². The van der Waals surface area contributed by atoms with Gasteiger partial charge in [0.05, 0.1) is 10.6 Å². The fourth-order valence-electron chi connectivity index (χ4n) is 4.69. The van der Waals surface area contributed by atoms with E-state index < -0.39 is 34.1 Å². The van der Waals surface area contributed by atoms with Crippen LogP contribution in [0.3, 0.4) is 0 Å². The SMILES string of the molecule is CC(C)(C)NC(=O)[C@H](Cc1ccccc1)N(Cc1cccc(Br)c1)C(=O)CN(c1ccc(Br)cc1)S(=O)(=O)c1ccccc1. The first-order chi connectivity index (χ1) is 20.8. The highest BCUT2D eigenvalue weighted by atomic mass is 79.9. The van der Waals surface area contributed by atoms with Gasteiger partial charge in [-0.2, -0.15) is 0 Å². The van der Waals surface area contributed by atoms with Gasteiger partial charge in [-0.1, -0.05) is 92.5 Å². The summed E-state index contributed by atoms with van der Waals surface area (Å²) in [5, 5.41) is 3.04. The van der Waals surface area contributed by atoms with Crippen LogP contribution in [0.2, 0.25) is 0 Å². The first-order valence-corrected chi connectivity index (χ1v) is 17.1. The maximum Gasteiger partial charge on any atom is 0.264 e. The molecule has 0 aliphatic heterocycles. The van der Waals surface area contributed by atoms with Crippen molar-refractivity contribution in [3.8, 4) is 0 Å². The number of halogens is 2. The molecule has 4 rings (SSSR count). The second-order valence-corrected chi connectivity index (χ2v) is 15.1. The lowest BCUT2D eigenvalue weighted by Crippen LogP contribution is -2.56. The molecule has 1 atom stereocenters. The van der Waals surface area contributed by atoms with Crippen LogP contribution in [0.4, 0.5) is 5.69 Å². The Balaban J connectivity index is 1.81. The second kappa shape index (κ2) is 14.5. The zero-order chi connectivity index (χ0) is 31.9. The third-order valence-electron chi connectivity index (χ3n) is 6.74. The number of benzene rings is 4. The molecule has 0 aliphatic rings. The van der Waals surface area contributed by atoms with Crippen molar-refractivity contribution in [3.05, 3.63) is 129 Å². The van der Waals surface area contributed by atoms with Gasteiger partial charge < -0.3 is 10.2 Å². The Labute approximate surface area is 276 Å². The minimum absolute atomic E-state index is 0.0561. The Morgan fingerprint density at radius 3 is 1.95 bits per heavy atom. The molecular formula is C34H35Br2N3O4S. The van der Waals surface area contributed by atoms with Gasteiger partial charge >= 0.3 is 0 Å². The van der Waals surface area contributed by atoms with Gasteiger partial charge in [0.1, 0.15) is 12.6 Å². The van der Waals surface area contributed by atoms with Gasteiger partial charge in [-0.05, 0) is 80.4 Å². The molecule has 0 saturated heterocycles. The standard InChI is InChI=1S/C34H35Br2N3O4S/c1-34(2,3)37-33(41)31(22-25-11-6-4-7-12-25)38(23-26-13-10-14-28(36)21-26)32(40)24-39(29-19-17-27(35)18-20-29)44(42,43)30-15-8-5-9-16-30/h4-21,31H,22-24H2,1-3H3,(H,37,41)/t31-/m0/s1. The second-order valence-electron chi connectivity index (χ2n) is 11.4. The highest BCUT2D eigenvalue weighted by Crippen LogP contribution is 2.27. The van der Waals surface area contributed by atoms with E-state index in [1.807, 2.05) is 75.4 Å². The van der Waals surface area contributed by atoms with Crippen molar-refractivity contribution >= 4 is 59.4 Å². The minimum atomic E-state index is -4.15. The molecule has 0 aliphatic carbocycles. The van der Waals surface area contributed by atoms with Gasteiger partial charge in [-0.25, -0.2) is 8.42 Å². The van der Waals surface area contributed by atoms with Crippen LogP contribution >= 0.6 is 31.9 Å². The monoisotopic (exact) mass is 739 g/mol. The topological polar surface area (TPSA) is 86.8 Å². The molecule has 1 N–H and O–H groups in total. The third-order valence-corrected chi connectivity index (χ3v) is 9.55. The number of rotatable bonds is 11. The average molecular weight is 742 g/mol. The van der Waals surface area contributed by atoms with Crippen LogP contribution in [0.5, 0.6) is 0 Å². The first-order valence-electron chi connectivity index (χ1n) is 14.1. The maximum atomic E-state index is 14.5. The molecular weight excluding hydrogens is 706 g/mol. The van der Waals surface area contributed by atoms with E-state index in [-0.39, 0.29) is 23.8 Å². The first kappa shape index (κ1) is 33.4. The van der Waals surface area contributed by atoms with Gasteiger partial charge in [0.2, 0.25) is 11.8 Å². The number of carbonyl (C=O) groups excluding carboxylic acids is 2. The Morgan fingerprint density at radius 1 is 0.773 bits per heavy atom. The van der Waals surface area contributed by atoms with E-state index >= 15 is 0 Å². The number of sulfonamides is 1. The summed E-state index contributed by atoms with van der Waals surface area (Å²) in [7, 11) is -4.15. The normalized spacial score (nSPS) is 12.3. The fourth-order valence-corrected chi connectivity index (χ4v) is 6.84. The molecule has 0 fully saturated rings. The van der Waals surface area contributed by atoms with Gasteiger partial charge in [0.25, 0.3) is 10.0 Å². The summed E-state index contributed by atoms with van der Waals surface area (Å²) in [4.78, 5) is 30.0. The molecule has 44 heavy (non-hydrogen) atoms. The molecule has 0 unspecified atom stereocenters. The molecule has 0 saturated carbocycles. The molecule has 0 aromatic heterocycles. The Hall–Kier alpha value is -3.47. The van der Waals surface area contributed by atoms with Crippen molar-refractivity contribution < 1.29 is 18.0 Å². The van der Waals surface area contributed by atoms with E-state index in [1.165, 1.54) is 17.0 Å². The summed E-state index contributed by atoms with van der Waals surface area (Å²) < 4.78 is 30.7. The van der Waals surface area contributed by atoms with E-state index in [0.29, 0.717) is 5.69 Å². The largest absolute Gasteiger partial charge is 0.350 e. The molecule has 4 aromatic rings. The van der Waals surface area contributed by atoms with E-state index in [4.69, 9.17) is 0 Å². The van der Waals surface area contributed by atoms with Crippen molar-refractivity contribution in [2.45, 2.75) is 50.2 Å². The fraction of sp³-hybridized carbons (Fsp3) is 0.235. The number of hydrogen-bond acceptors (Lipinski definition) is 4. The number of nitrogens with one attached hydrogen (secondary N) is 1. The van der Waals surface area contributed by atoms with Gasteiger partial charge in [0.15, 0.2) is 0 Å². The van der Waals surface area contributed by atoms with Crippen LogP contribution in [0, 0.1) is 0 Å². The Kier molecular flexibility index (Phi) is 11.0. The number of carbonyl (C=O) groups is 2. The van der Waals surface area contributed by atoms with Crippen molar-refractivity contribution in [3.63, 3.8) is 0 Å². The lowest BCUT2D eigenvalue weighted by atomic mass is 10.0. The number of hydrogen-bond donors (Lipinski definition) is 1. The van der Waals surface area contributed by atoms with Crippen molar-refractivity contribution in [2.75, 3.05) is 10.8 Å². The predicted molar refractivity (Wildman–Crippen MR) is 182 cm³/mol. The van der Waals surface area contributed by atoms with Gasteiger partial charge in [-0.15, -0.1) is 0 Å². The van der Waals surface area contributed by atoms with Gasteiger partial charge in [0, 0.05) is 27.4 Å². The summed E-state index contributed by atoms with van der Waals surface area (Å²) in [5.74, 6) is -0.844. The Morgan fingerprint density at radius 2 is 1.36 bits per heavy atom. The van der Waals surface area contributed by atoms with Gasteiger partial charge in [-0.3, -0.25) is 13.9 Å². The van der Waals surface area contributed by atoms with Crippen LogP contribution in [0.25, 0.3) is 0 Å². The summed E-state index contributed by atoms with van der Waals surface area (Å²) >= 11 is 6.91. The lowest BCUT2D eigenvalue weighted by Gasteiger charge is -2.35. The van der Waals surface area contributed by atoms with E-state index in [9.17, 15) is 18.0 Å². The third kappa shape index (κ3) is 9.03. The molecule has 7 nitrogen and oxygen atoms in total. The Bertz CT molecular complexity index is 1680. The number of nitrogens with zero attached hydrogens (tertiary/aromatic N) is 2. The van der Waals surface area contributed by atoms with Crippen LogP contribution in [0.1, 0.15) is 31.9 Å². The van der Waals surface area contributed by atoms with Crippen LogP contribution in [-0.4, -0.2) is 43.3 Å². The molecule has 0 heterocycles. The summed E-state index contributed by atoms with van der Waals surface area (Å²) in [6, 6.07) is 30.8. The molecule has 2 amide bonds.